The molecule has 4 aliphatic rings. The third-order valence-corrected chi connectivity index (χ3v) is 10.7. The molecule has 3 saturated carbocycles. The molecule has 1 aromatic rings. The molecular formula is C30H38FN2O5S+. The lowest BCUT2D eigenvalue weighted by Gasteiger charge is -2.60. The van der Waals surface area contributed by atoms with Gasteiger partial charge in [0.2, 0.25) is 5.12 Å². The third-order valence-electron chi connectivity index (χ3n) is 10.3. The number of esters is 1. The number of carbonyl (C=O) groups is 2. The van der Waals surface area contributed by atoms with Crippen LogP contribution in [0.2, 0.25) is 0 Å². The standard InChI is InChI=1S/C30H37FN2O5S/c1-28-13-17(15-32)23(33-20-7-5-19(31)6-8-20)12-18(28)4-9-21-22-10-11-30(27(36)39,38-25(35)16-37-3)29(22,2)14-24(34)26(21)28/h5-8,12,15,21-22,24,26,32-34H,4,9-11,13-14,16H2,1-3H3,(H,36,39)/p+1. The van der Waals surface area contributed by atoms with Crippen LogP contribution in [0.25, 0.3) is 0 Å². The third kappa shape index (κ3) is 4.42. The number of aliphatic hydroxyl groups is 1. The minimum Gasteiger partial charge on any atom is -0.448 e. The Morgan fingerprint density at radius 3 is 2.62 bits per heavy atom. The normalized spacial score (nSPS) is 37.3. The Morgan fingerprint density at radius 2 is 1.97 bits per heavy atom. The maximum Gasteiger partial charge on any atom is 0.333 e. The second-order valence-electron chi connectivity index (χ2n) is 12.2. The molecule has 39 heavy (non-hydrogen) atoms. The Morgan fingerprint density at radius 1 is 1.26 bits per heavy atom. The zero-order valence-corrected chi connectivity index (χ0v) is 23.6. The Labute approximate surface area is 234 Å². The summed E-state index contributed by atoms with van der Waals surface area (Å²) in [5.74, 6) is -0.735. The van der Waals surface area contributed by atoms with Crippen LogP contribution in [0.3, 0.4) is 0 Å². The number of halogens is 1. The van der Waals surface area contributed by atoms with Crippen molar-refractivity contribution in [1.29, 1.82) is 5.41 Å². The number of quaternary nitrogens is 1. The molecule has 5 rings (SSSR count). The van der Waals surface area contributed by atoms with Crippen LogP contribution in [0.15, 0.2) is 47.2 Å². The van der Waals surface area contributed by atoms with Crippen LogP contribution in [0, 0.1) is 39.8 Å². The minimum atomic E-state index is -1.40. The first-order valence-corrected chi connectivity index (χ1v) is 14.1. The van der Waals surface area contributed by atoms with Crippen molar-refractivity contribution in [3.05, 3.63) is 53.0 Å². The maximum atomic E-state index is 13.4. The van der Waals surface area contributed by atoms with E-state index >= 15 is 0 Å². The van der Waals surface area contributed by atoms with Crippen molar-refractivity contribution in [3.63, 3.8) is 0 Å². The summed E-state index contributed by atoms with van der Waals surface area (Å²) in [4.78, 5) is 25.5. The molecule has 0 saturated heterocycles. The SMILES string of the molecule is COCC(=O)OC1(C(=O)S)CCC2C3CCC4=CC([NH2+]c5ccc(F)cc5)=C(C=N)CC4(C)C3C(O)CC21C. The Balaban J connectivity index is 1.46. The van der Waals surface area contributed by atoms with Crippen molar-refractivity contribution in [3.8, 4) is 0 Å². The zero-order chi connectivity index (χ0) is 28.2. The van der Waals surface area contributed by atoms with Gasteiger partial charge in [-0.3, -0.25) is 10.1 Å². The average molecular weight is 558 g/mol. The maximum absolute atomic E-state index is 13.4. The van der Waals surface area contributed by atoms with Crippen LogP contribution >= 0.6 is 12.6 Å². The monoisotopic (exact) mass is 557 g/mol. The number of methoxy groups -OCH3 is 1. The number of benzene rings is 1. The van der Waals surface area contributed by atoms with Crippen molar-refractivity contribution in [2.45, 2.75) is 64.1 Å². The number of carbonyl (C=O) groups excluding carboxylic acids is 2. The van der Waals surface area contributed by atoms with Gasteiger partial charge in [-0.05, 0) is 79.9 Å². The van der Waals surface area contributed by atoms with Gasteiger partial charge in [0.25, 0.3) is 0 Å². The second kappa shape index (κ2) is 10.3. The first kappa shape index (κ1) is 28.2. The van der Waals surface area contributed by atoms with Crippen LogP contribution in [0.4, 0.5) is 10.1 Å². The summed E-state index contributed by atoms with van der Waals surface area (Å²) in [7, 11) is 1.41. The van der Waals surface area contributed by atoms with Crippen molar-refractivity contribution in [1.82, 2.24) is 0 Å². The molecule has 0 bridgehead atoms. The molecule has 7 nitrogen and oxygen atoms in total. The van der Waals surface area contributed by atoms with Crippen molar-refractivity contribution in [2.75, 3.05) is 13.7 Å². The largest absolute Gasteiger partial charge is 0.448 e. The van der Waals surface area contributed by atoms with E-state index < -0.39 is 28.2 Å². The van der Waals surface area contributed by atoms with E-state index in [2.05, 4.69) is 25.6 Å². The molecule has 210 valence electrons. The van der Waals surface area contributed by atoms with Gasteiger partial charge < -0.3 is 20.0 Å². The van der Waals surface area contributed by atoms with E-state index in [4.69, 9.17) is 14.9 Å². The average Bonchev–Trinajstić information content (AvgIpc) is 3.17. The lowest BCUT2D eigenvalue weighted by molar-refractivity contribution is -0.513. The van der Waals surface area contributed by atoms with E-state index in [0.717, 1.165) is 29.8 Å². The zero-order valence-electron chi connectivity index (χ0n) is 22.7. The number of nitrogens with one attached hydrogen (secondary N) is 1. The number of fused-ring (bicyclic) bond motifs is 5. The smallest absolute Gasteiger partial charge is 0.333 e. The van der Waals surface area contributed by atoms with Gasteiger partial charge in [-0.1, -0.05) is 19.4 Å². The van der Waals surface area contributed by atoms with Crippen LogP contribution in [-0.4, -0.2) is 47.8 Å². The summed E-state index contributed by atoms with van der Waals surface area (Å²) >= 11 is 4.21. The number of hydrogen-bond donors (Lipinski definition) is 4. The molecular weight excluding hydrogens is 519 g/mol. The molecule has 1 aromatic carbocycles. The van der Waals surface area contributed by atoms with Gasteiger partial charge in [0.1, 0.15) is 23.8 Å². The molecule has 0 aliphatic heterocycles. The number of ether oxygens (including phenoxy) is 2. The van der Waals surface area contributed by atoms with E-state index in [1.54, 1.807) is 12.1 Å². The highest BCUT2D eigenvalue weighted by molar-refractivity contribution is 7.96. The number of nitrogens with two attached hydrogens (primary N) is 1. The molecule has 4 aliphatic carbocycles. The van der Waals surface area contributed by atoms with Gasteiger partial charge in [0, 0.05) is 36.4 Å². The highest BCUT2D eigenvalue weighted by Crippen LogP contribution is 2.68. The van der Waals surface area contributed by atoms with Crippen molar-refractivity contribution >= 4 is 35.6 Å². The van der Waals surface area contributed by atoms with Gasteiger partial charge >= 0.3 is 5.97 Å². The highest BCUT2D eigenvalue weighted by Gasteiger charge is 2.70. The van der Waals surface area contributed by atoms with Gasteiger partial charge in [-0.15, -0.1) is 12.6 Å². The number of allylic oxidation sites excluding steroid dienone is 3. The summed E-state index contributed by atoms with van der Waals surface area (Å²) in [6, 6.07) is 6.32. The fraction of sp³-hybridized carbons (Fsp3) is 0.567. The second-order valence-corrected chi connectivity index (χ2v) is 12.6. The number of rotatable bonds is 7. The number of thiol groups is 1. The molecule has 4 N–H and O–H groups in total. The first-order valence-electron chi connectivity index (χ1n) is 13.7. The molecule has 3 fully saturated rings. The molecule has 9 heteroatoms. The first-order chi connectivity index (χ1) is 18.5. The van der Waals surface area contributed by atoms with Gasteiger partial charge in [0.15, 0.2) is 5.60 Å². The Bertz CT molecular complexity index is 1250. The molecule has 0 amide bonds. The van der Waals surface area contributed by atoms with Crippen LogP contribution in [-0.2, 0) is 19.1 Å². The van der Waals surface area contributed by atoms with Crippen LogP contribution in [0.1, 0.15) is 52.4 Å². The molecule has 0 spiro atoms. The fourth-order valence-corrected chi connectivity index (χ4v) is 9.03. The summed E-state index contributed by atoms with van der Waals surface area (Å²) in [6.07, 6.45) is 6.57. The van der Waals surface area contributed by atoms with Crippen molar-refractivity contribution < 1.29 is 33.9 Å². The van der Waals surface area contributed by atoms with Crippen molar-refractivity contribution in [2.24, 2.45) is 28.6 Å². The molecule has 0 heterocycles. The van der Waals surface area contributed by atoms with Crippen LogP contribution < -0.4 is 5.32 Å². The predicted octanol–water partition coefficient (Wildman–Crippen LogP) is 3.85. The summed E-state index contributed by atoms with van der Waals surface area (Å²) in [6.45, 7) is 3.93. The Kier molecular flexibility index (Phi) is 7.41. The predicted molar refractivity (Wildman–Crippen MR) is 147 cm³/mol. The summed E-state index contributed by atoms with van der Waals surface area (Å²) in [5, 5.41) is 21.5. The number of aliphatic hydroxyl groups excluding tert-OH is 1. The topological polar surface area (TPSA) is 113 Å². The quantitative estimate of drug-likeness (QED) is 0.176. The van der Waals surface area contributed by atoms with E-state index in [9.17, 15) is 19.1 Å². The van der Waals surface area contributed by atoms with E-state index in [-0.39, 0.29) is 35.6 Å². The Hall–Kier alpha value is -2.33. The minimum absolute atomic E-state index is 0.0570. The fourth-order valence-electron chi connectivity index (χ4n) is 8.62. The summed E-state index contributed by atoms with van der Waals surface area (Å²) in [5.41, 5.74) is 1.46. The van der Waals surface area contributed by atoms with Gasteiger partial charge in [0.05, 0.1) is 6.10 Å². The number of hydrogen-bond acceptors (Lipinski definition) is 6. The van der Waals surface area contributed by atoms with Gasteiger partial charge in [-0.2, -0.15) is 0 Å². The van der Waals surface area contributed by atoms with E-state index in [1.165, 1.54) is 31.0 Å². The van der Waals surface area contributed by atoms with E-state index in [1.807, 2.05) is 12.2 Å². The lowest BCUT2D eigenvalue weighted by atomic mass is 9.45. The molecule has 0 radical (unpaired) electrons. The molecule has 7 atom stereocenters. The molecule has 7 unspecified atom stereocenters. The molecule has 0 aromatic heterocycles. The lowest BCUT2D eigenvalue weighted by Crippen LogP contribution is -2.76. The van der Waals surface area contributed by atoms with Crippen LogP contribution in [0.5, 0.6) is 0 Å². The highest BCUT2D eigenvalue weighted by atomic mass is 32.1. The van der Waals surface area contributed by atoms with E-state index in [0.29, 0.717) is 25.7 Å². The van der Waals surface area contributed by atoms with Gasteiger partial charge in [-0.25, -0.2) is 9.18 Å². The summed E-state index contributed by atoms with van der Waals surface area (Å²) < 4.78 is 24.3.